The summed E-state index contributed by atoms with van der Waals surface area (Å²) in [4.78, 5) is 12.5. The standard InChI is InChI=1S/C27H29N3O.C2H6.Y/c31-27(28-24-11-5-2-6-12-24)29-26-13-7-10-23-19-30(20-25(23)26)16-14-22(15-17-30)18-21-8-3-1-4-9-21;1-2;/h2-13,22H,14-20H2,(H2,28,29,31);1-2H3;. The monoisotopic (exact) mass is 530 g/mol. The molecule has 1 radical (unpaired) electrons. The molecule has 2 N–H and O–H groups in total. The minimum absolute atomic E-state index is 0. The van der Waals surface area contributed by atoms with Crippen molar-refractivity contribution in [2.45, 2.75) is 46.2 Å². The number of amides is 2. The van der Waals surface area contributed by atoms with Crippen LogP contribution >= 0.6 is 0 Å². The van der Waals surface area contributed by atoms with E-state index >= 15 is 0 Å². The van der Waals surface area contributed by atoms with Gasteiger partial charge in [0.05, 0.1) is 18.8 Å². The first-order chi connectivity index (χ1) is 16.2. The zero-order valence-corrected chi connectivity index (χ0v) is 23.2. The Bertz CT molecular complexity index is 1050. The predicted octanol–water partition coefficient (Wildman–Crippen LogP) is 6.64. The number of anilines is 2. The Morgan fingerprint density at radius 1 is 0.912 bits per heavy atom. The minimum atomic E-state index is -0.183. The summed E-state index contributed by atoms with van der Waals surface area (Å²) < 4.78 is 1.13. The number of hydrogen-bond donors (Lipinski definition) is 2. The van der Waals surface area contributed by atoms with Crippen molar-refractivity contribution in [2.24, 2.45) is 5.92 Å². The molecule has 2 aliphatic rings. The summed E-state index contributed by atoms with van der Waals surface area (Å²) in [6, 6.07) is 27.3. The van der Waals surface area contributed by atoms with E-state index in [1.807, 2.05) is 62.4 Å². The van der Waals surface area contributed by atoms with Gasteiger partial charge in [0.15, 0.2) is 0 Å². The van der Waals surface area contributed by atoms with E-state index in [4.69, 9.17) is 0 Å². The Balaban J connectivity index is 0.00000105. The molecule has 5 heteroatoms. The van der Waals surface area contributed by atoms with Gasteiger partial charge in [0, 0.05) is 49.5 Å². The van der Waals surface area contributed by atoms with Crippen molar-refractivity contribution in [1.29, 1.82) is 0 Å². The third kappa shape index (κ3) is 6.56. The van der Waals surface area contributed by atoms with Crippen LogP contribution in [0.3, 0.4) is 0 Å². The molecule has 0 atom stereocenters. The quantitative estimate of drug-likeness (QED) is 0.288. The fourth-order valence-electron chi connectivity index (χ4n) is 5.23. The van der Waals surface area contributed by atoms with Crippen LogP contribution < -0.4 is 10.6 Å². The summed E-state index contributed by atoms with van der Waals surface area (Å²) in [6.45, 7) is 8.53. The molecule has 1 spiro atoms. The minimum Gasteiger partial charge on any atom is -0.316 e. The van der Waals surface area contributed by atoms with Gasteiger partial charge in [0.1, 0.15) is 13.1 Å². The maximum atomic E-state index is 12.5. The van der Waals surface area contributed by atoms with Gasteiger partial charge in [0.2, 0.25) is 0 Å². The molecule has 4 nitrogen and oxygen atoms in total. The molecular weight excluding hydrogens is 495 g/mol. The number of fused-ring (bicyclic) bond motifs is 1. The molecule has 5 rings (SSSR count). The van der Waals surface area contributed by atoms with Gasteiger partial charge >= 0.3 is 6.03 Å². The fourth-order valence-corrected chi connectivity index (χ4v) is 5.23. The third-order valence-electron chi connectivity index (χ3n) is 6.89. The normalized spacial score (nSPS) is 20.4. The van der Waals surface area contributed by atoms with Crippen molar-refractivity contribution >= 4 is 17.4 Å². The number of para-hydroxylation sites is 1. The molecular formula is C29H35N3OY. The molecule has 2 aliphatic heterocycles. The van der Waals surface area contributed by atoms with Crippen molar-refractivity contribution in [3.05, 3.63) is 95.6 Å². The van der Waals surface area contributed by atoms with Gasteiger partial charge in [0.25, 0.3) is 0 Å². The second-order valence-corrected chi connectivity index (χ2v) is 9.05. The zero-order chi connectivity index (χ0) is 23.1. The SMILES string of the molecule is CC.O=C(Nc1ccccc1)Nc1cccc2c1C[N+]1(CCC(Cc3cc[c-]cc3)CC1)C2.[Y]. The molecule has 0 unspecified atom stereocenters. The van der Waals surface area contributed by atoms with Crippen LogP contribution in [-0.4, -0.2) is 23.6 Å². The van der Waals surface area contributed by atoms with Crippen molar-refractivity contribution in [3.63, 3.8) is 0 Å². The summed E-state index contributed by atoms with van der Waals surface area (Å²) in [5.74, 6) is 0.768. The van der Waals surface area contributed by atoms with Crippen LogP contribution in [0, 0.1) is 12.0 Å². The molecule has 0 aromatic heterocycles. The van der Waals surface area contributed by atoms with E-state index in [0.717, 1.165) is 34.9 Å². The molecule has 34 heavy (non-hydrogen) atoms. The van der Waals surface area contributed by atoms with Gasteiger partial charge in [-0.15, -0.1) is 0 Å². The van der Waals surface area contributed by atoms with Gasteiger partial charge in [-0.3, -0.25) is 0 Å². The number of nitrogens with one attached hydrogen (secondary N) is 2. The molecule has 0 saturated carbocycles. The maximum absolute atomic E-state index is 12.5. The second kappa shape index (κ2) is 12.6. The Morgan fingerprint density at radius 3 is 2.32 bits per heavy atom. The molecule has 2 amide bonds. The van der Waals surface area contributed by atoms with Gasteiger partial charge in [-0.1, -0.05) is 44.2 Å². The number of benzene rings is 3. The summed E-state index contributed by atoms with van der Waals surface area (Å²) >= 11 is 0. The van der Waals surface area contributed by atoms with Crippen molar-refractivity contribution in [3.8, 4) is 0 Å². The van der Waals surface area contributed by atoms with Crippen LogP contribution in [0.15, 0.2) is 72.8 Å². The van der Waals surface area contributed by atoms with Crippen LogP contribution in [-0.2, 0) is 52.2 Å². The first kappa shape index (κ1) is 26.6. The van der Waals surface area contributed by atoms with Crippen molar-refractivity contribution < 1.29 is 42.0 Å². The number of carbonyl (C=O) groups excluding carboxylic acids is 1. The molecule has 0 aliphatic carbocycles. The van der Waals surface area contributed by atoms with E-state index in [1.165, 1.54) is 49.0 Å². The first-order valence-corrected chi connectivity index (χ1v) is 12.2. The summed E-state index contributed by atoms with van der Waals surface area (Å²) in [5, 5.41) is 6.02. The van der Waals surface area contributed by atoms with Crippen molar-refractivity contribution in [1.82, 2.24) is 0 Å². The second-order valence-electron chi connectivity index (χ2n) is 9.05. The predicted molar refractivity (Wildman–Crippen MR) is 136 cm³/mol. The van der Waals surface area contributed by atoms with Gasteiger partial charge < -0.3 is 15.1 Å². The van der Waals surface area contributed by atoms with E-state index in [9.17, 15) is 4.79 Å². The van der Waals surface area contributed by atoms with E-state index in [1.54, 1.807) is 0 Å². The number of rotatable bonds is 4. The average Bonchev–Trinajstić information content (AvgIpc) is 3.22. The number of urea groups is 1. The molecule has 3 aromatic carbocycles. The number of hydrogen-bond acceptors (Lipinski definition) is 1. The smallest absolute Gasteiger partial charge is 0.316 e. The molecule has 0 bridgehead atoms. The number of carbonyl (C=O) groups is 1. The number of nitrogens with zero attached hydrogens (tertiary/aromatic N) is 1. The largest absolute Gasteiger partial charge is 0.323 e. The fraction of sp³-hybridized carbons (Fsp3) is 0.345. The maximum Gasteiger partial charge on any atom is 0.323 e. The van der Waals surface area contributed by atoms with E-state index < -0.39 is 0 Å². The molecule has 1 saturated heterocycles. The number of quaternary nitrogens is 1. The summed E-state index contributed by atoms with van der Waals surface area (Å²) in [5.41, 5.74) is 5.87. The Labute approximate surface area is 229 Å². The topological polar surface area (TPSA) is 41.1 Å². The first-order valence-electron chi connectivity index (χ1n) is 12.2. The number of piperidine rings is 1. The third-order valence-corrected chi connectivity index (χ3v) is 6.89. The summed E-state index contributed by atoms with van der Waals surface area (Å²) in [7, 11) is 0. The van der Waals surface area contributed by atoms with Crippen LogP contribution in [0.1, 0.15) is 43.4 Å². The molecule has 1 fully saturated rings. The van der Waals surface area contributed by atoms with Crippen molar-refractivity contribution in [2.75, 3.05) is 23.7 Å². The van der Waals surface area contributed by atoms with Gasteiger partial charge in [-0.25, -0.2) is 4.79 Å². The summed E-state index contributed by atoms with van der Waals surface area (Å²) in [6.07, 6.45) is 3.71. The van der Waals surface area contributed by atoms with Gasteiger partial charge in [-0.05, 0) is 43.4 Å². The average molecular weight is 531 g/mol. The Morgan fingerprint density at radius 2 is 1.62 bits per heavy atom. The molecule has 2 heterocycles. The molecule has 175 valence electrons. The van der Waals surface area contributed by atoms with E-state index in [-0.39, 0.29) is 38.7 Å². The zero-order valence-electron chi connectivity index (χ0n) is 20.4. The van der Waals surface area contributed by atoms with Crippen LogP contribution in [0.2, 0.25) is 0 Å². The van der Waals surface area contributed by atoms with Crippen LogP contribution in [0.25, 0.3) is 0 Å². The van der Waals surface area contributed by atoms with E-state index in [2.05, 4.69) is 41.0 Å². The van der Waals surface area contributed by atoms with E-state index in [0.29, 0.717) is 0 Å². The molecule has 3 aromatic rings. The van der Waals surface area contributed by atoms with Crippen LogP contribution in [0.5, 0.6) is 0 Å². The van der Waals surface area contributed by atoms with Gasteiger partial charge in [-0.2, -0.15) is 35.9 Å². The Hall–Kier alpha value is -2.01. The van der Waals surface area contributed by atoms with Crippen LogP contribution in [0.4, 0.5) is 16.2 Å². The Kier molecular flexibility index (Phi) is 9.88.